The van der Waals surface area contributed by atoms with E-state index in [1.54, 1.807) is 12.5 Å². The van der Waals surface area contributed by atoms with Gasteiger partial charge in [-0.1, -0.05) is 0 Å². The molecule has 0 bridgehead atoms. The molecule has 0 N–H and O–H groups in total. The molecule has 2 aromatic rings. The molecule has 2 heterocycles. The van der Waals surface area contributed by atoms with Crippen LogP contribution in [0.3, 0.4) is 0 Å². The predicted octanol–water partition coefficient (Wildman–Crippen LogP) is 2.58. The Bertz CT molecular complexity index is 380. The number of imidazole rings is 1. The van der Waals surface area contributed by atoms with Crippen molar-refractivity contribution < 1.29 is 4.42 Å². The molecule has 4 heteroatoms. The summed E-state index contributed by atoms with van der Waals surface area (Å²) >= 11 is 1.81. The number of hydrogen-bond donors (Lipinski definition) is 0. The lowest BCUT2D eigenvalue weighted by Gasteiger charge is -2.00. The average Bonchev–Trinajstić information content (AvgIpc) is 2.78. The maximum atomic E-state index is 5.21. The summed E-state index contributed by atoms with van der Waals surface area (Å²) in [6.07, 6.45) is 7.34. The SMILES string of the molecule is Cc1occc1SCCn1ccnc1. The van der Waals surface area contributed by atoms with E-state index in [0.29, 0.717) is 0 Å². The van der Waals surface area contributed by atoms with Crippen LogP contribution in [0.15, 0.2) is 40.4 Å². The summed E-state index contributed by atoms with van der Waals surface area (Å²) < 4.78 is 7.28. The first-order chi connectivity index (χ1) is 6.86. The Kier molecular flexibility index (Phi) is 2.93. The van der Waals surface area contributed by atoms with Gasteiger partial charge in [-0.15, -0.1) is 11.8 Å². The van der Waals surface area contributed by atoms with Crippen LogP contribution < -0.4 is 0 Å². The minimum atomic E-state index is 0.981. The number of furan rings is 1. The molecule has 0 aromatic carbocycles. The minimum Gasteiger partial charge on any atom is -0.468 e. The molecule has 0 aliphatic heterocycles. The van der Waals surface area contributed by atoms with Gasteiger partial charge in [0.2, 0.25) is 0 Å². The lowest BCUT2D eigenvalue weighted by Crippen LogP contribution is -1.96. The highest BCUT2D eigenvalue weighted by Gasteiger charge is 2.00. The number of rotatable bonds is 4. The third-order valence-electron chi connectivity index (χ3n) is 1.98. The maximum Gasteiger partial charge on any atom is 0.114 e. The maximum absolute atomic E-state index is 5.21. The zero-order valence-electron chi connectivity index (χ0n) is 8.01. The van der Waals surface area contributed by atoms with Crippen LogP contribution in [0.1, 0.15) is 5.76 Å². The van der Waals surface area contributed by atoms with Gasteiger partial charge < -0.3 is 8.98 Å². The van der Waals surface area contributed by atoms with E-state index in [1.165, 1.54) is 4.90 Å². The molecule has 2 aromatic heterocycles. The second-order valence-electron chi connectivity index (χ2n) is 2.99. The fourth-order valence-electron chi connectivity index (χ4n) is 1.20. The van der Waals surface area contributed by atoms with Gasteiger partial charge in [0.25, 0.3) is 0 Å². The van der Waals surface area contributed by atoms with Crippen LogP contribution in [0, 0.1) is 6.92 Å². The van der Waals surface area contributed by atoms with E-state index >= 15 is 0 Å². The molecule has 0 saturated heterocycles. The molecule has 0 spiro atoms. The first-order valence-corrected chi connectivity index (χ1v) is 5.47. The fraction of sp³-hybridized carbons (Fsp3) is 0.300. The van der Waals surface area contributed by atoms with E-state index in [2.05, 4.69) is 9.55 Å². The van der Waals surface area contributed by atoms with Crippen molar-refractivity contribution in [3.05, 3.63) is 36.8 Å². The van der Waals surface area contributed by atoms with E-state index < -0.39 is 0 Å². The summed E-state index contributed by atoms with van der Waals surface area (Å²) in [6.45, 7) is 2.97. The highest BCUT2D eigenvalue weighted by atomic mass is 32.2. The van der Waals surface area contributed by atoms with Crippen molar-refractivity contribution >= 4 is 11.8 Å². The van der Waals surface area contributed by atoms with Crippen LogP contribution in [-0.2, 0) is 6.54 Å². The molecule has 2 rings (SSSR count). The number of aryl methyl sites for hydroxylation is 2. The van der Waals surface area contributed by atoms with Crippen molar-refractivity contribution in [1.82, 2.24) is 9.55 Å². The van der Waals surface area contributed by atoms with Crippen molar-refractivity contribution in [1.29, 1.82) is 0 Å². The van der Waals surface area contributed by atoms with Gasteiger partial charge in [-0.2, -0.15) is 0 Å². The van der Waals surface area contributed by atoms with E-state index in [0.717, 1.165) is 18.1 Å². The molecule has 0 unspecified atom stereocenters. The summed E-state index contributed by atoms with van der Waals surface area (Å²) in [6, 6.07) is 2.01. The number of hydrogen-bond acceptors (Lipinski definition) is 3. The zero-order valence-corrected chi connectivity index (χ0v) is 8.83. The largest absolute Gasteiger partial charge is 0.468 e. The van der Waals surface area contributed by atoms with Gasteiger partial charge in [-0.25, -0.2) is 4.98 Å². The van der Waals surface area contributed by atoms with E-state index in [-0.39, 0.29) is 0 Å². The van der Waals surface area contributed by atoms with Gasteiger partial charge in [-0.05, 0) is 13.0 Å². The summed E-state index contributed by atoms with van der Waals surface area (Å²) in [7, 11) is 0. The lowest BCUT2D eigenvalue weighted by atomic mass is 10.5. The number of aromatic nitrogens is 2. The van der Waals surface area contributed by atoms with Crippen molar-refractivity contribution in [3.63, 3.8) is 0 Å². The lowest BCUT2D eigenvalue weighted by molar-refractivity contribution is 0.527. The first-order valence-electron chi connectivity index (χ1n) is 4.49. The van der Waals surface area contributed by atoms with E-state index in [4.69, 9.17) is 4.42 Å². The van der Waals surface area contributed by atoms with Crippen molar-refractivity contribution in [2.75, 3.05) is 5.75 Å². The molecule has 3 nitrogen and oxygen atoms in total. The second-order valence-corrected chi connectivity index (χ2v) is 4.13. The quantitative estimate of drug-likeness (QED) is 0.723. The smallest absolute Gasteiger partial charge is 0.114 e. The van der Waals surface area contributed by atoms with Crippen LogP contribution >= 0.6 is 11.8 Å². The van der Waals surface area contributed by atoms with Gasteiger partial charge in [0.1, 0.15) is 5.76 Å². The fourth-order valence-corrected chi connectivity index (χ4v) is 2.13. The summed E-state index contributed by atoms with van der Waals surface area (Å²) in [5.41, 5.74) is 0. The summed E-state index contributed by atoms with van der Waals surface area (Å²) in [4.78, 5) is 5.22. The Balaban J connectivity index is 1.81. The van der Waals surface area contributed by atoms with Crippen LogP contribution in [0.25, 0.3) is 0 Å². The standard InChI is InChI=1S/C10H12N2OS/c1-9-10(2-6-13-9)14-7-5-12-4-3-11-8-12/h2-4,6,8H,5,7H2,1H3. The molecule has 0 saturated carbocycles. The van der Waals surface area contributed by atoms with Gasteiger partial charge in [-0.3, -0.25) is 0 Å². The number of thioether (sulfide) groups is 1. The third-order valence-corrected chi connectivity index (χ3v) is 3.10. The Labute approximate surface area is 87.1 Å². The minimum absolute atomic E-state index is 0.981. The van der Waals surface area contributed by atoms with Crippen LogP contribution in [0.2, 0.25) is 0 Å². The van der Waals surface area contributed by atoms with Crippen molar-refractivity contribution in [2.24, 2.45) is 0 Å². The van der Waals surface area contributed by atoms with Crippen LogP contribution in [0.5, 0.6) is 0 Å². The molecule has 0 fully saturated rings. The van der Waals surface area contributed by atoms with Gasteiger partial charge in [0.05, 0.1) is 12.6 Å². The Morgan fingerprint density at radius 3 is 3.14 bits per heavy atom. The molecule has 14 heavy (non-hydrogen) atoms. The highest BCUT2D eigenvalue weighted by Crippen LogP contribution is 2.22. The summed E-state index contributed by atoms with van der Waals surface area (Å²) in [5.74, 6) is 2.04. The zero-order chi connectivity index (χ0) is 9.80. The Morgan fingerprint density at radius 1 is 1.57 bits per heavy atom. The highest BCUT2D eigenvalue weighted by molar-refractivity contribution is 7.99. The van der Waals surface area contributed by atoms with Gasteiger partial charge in [0.15, 0.2) is 0 Å². The summed E-state index contributed by atoms with van der Waals surface area (Å²) in [5, 5.41) is 0. The third kappa shape index (κ3) is 2.20. The molecular formula is C10H12N2OS. The van der Waals surface area contributed by atoms with E-state index in [9.17, 15) is 0 Å². The van der Waals surface area contributed by atoms with Crippen molar-refractivity contribution in [3.8, 4) is 0 Å². The van der Waals surface area contributed by atoms with Gasteiger partial charge in [0, 0.05) is 29.6 Å². The molecule has 0 aliphatic rings. The van der Waals surface area contributed by atoms with Crippen LogP contribution in [0.4, 0.5) is 0 Å². The monoisotopic (exact) mass is 208 g/mol. The Hall–Kier alpha value is -1.16. The molecule has 0 atom stereocenters. The molecule has 0 aliphatic carbocycles. The van der Waals surface area contributed by atoms with Gasteiger partial charge >= 0.3 is 0 Å². The predicted molar refractivity (Wildman–Crippen MR) is 56.4 cm³/mol. The molecular weight excluding hydrogens is 196 g/mol. The van der Waals surface area contributed by atoms with Crippen molar-refractivity contribution in [2.45, 2.75) is 18.4 Å². The second kappa shape index (κ2) is 4.37. The molecule has 0 radical (unpaired) electrons. The number of nitrogens with zero attached hydrogens (tertiary/aromatic N) is 2. The normalized spacial score (nSPS) is 10.6. The first kappa shape index (κ1) is 9.40. The molecule has 0 amide bonds. The van der Waals surface area contributed by atoms with E-state index in [1.807, 2.05) is 37.3 Å². The molecule has 74 valence electrons. The average molecular weight is 208 g/mol. The Morgan fingerprint density at radius 2 is 2.50 bits per heavy atom. The van der Waals surface area contributed by atoms with Crippen LogP contribution in [-0.4, -0.2) is 15.3 Å². The topological polar surface area (TPSA) is 31.0 Å².